The van der Waals surface area contributed by atoms with E-state index in [9.17, 15) is 4.79 Å². The monoisotopic (exact) mass is 288 g/mol. The van der Waals surface area contributed by atoms with E-state index in [0.29, 0.717) is 38.6 Å². The molecule has 118 valence electrons. The Hall–Kier alpha value is -0.490. The molecule has 5 heteroatoms. The Morgan fingerprint density at radius 1 is 1.15 bits per heavy atom. The van der Waals surface area contributed by atoms with Crippen LogP contribution in [-0.2, 0) is 19.0 Å². The molecule has 5 nitrogen and oxygen atoms in total. The van der Waals surface area contributed by atoms with Gasteiger partial charge >= 0.3 is 0 Å². The van der Waals surface area contributed by atoms with Crippen molar-refractivity contribution in [2.24, 2.45) is 10.8 Å². The van der Waals surface area contributed by atoms with E-state index in [1.165, 1.54) is 0 Å². The molecule has 0 bridgehead atoms. The molecule has 0 aromatic carbocycles. The first-order valence-electron chi connectivity index (χ1n) is 7.14. The number of carbonyl (C=O) groups excluding carboxylic acids is 1. The maximum atomic E-state index is 11.0. The van der Waals surface area contributed by atoms with Crippen molar-refractivity contribution in [1.29, 1.82) is 0 Å². The van der Waals surface area contributed by atoms with Gasteiger partial charge in [-0.25, -0.2) is 0 Å². The Morgan fingerprint density at radius 2 is 1.70 bits per heavy atom. The first kappa shape index (κ1) is 17.6. The highest BCUT2D eigenvalue weighted by atomic mass is 16.7. The summed E-state index contributed by atoms with van der Waals surface area (Å²) in [5.41, 5.74) is -0.554. The van der Waals surface area contributed by atoms with E-state index in [1.807, 2.05) is 34.6 Å². The molecule has 0 aromatic rings. The first-order chi connectivity index (χ1) is 9.15. The number of hydrogen-bond acceptors (Lipinski definition) is 5. The van der Waals surface area contributed by atoms with E-state index in [-0.39, 0.29) is 17.4 Å². The van der Waals surface area contributed by atoms with Crippen LogP contribution in [0.25, 0.3) is 0 Å². The highest BCUT2D eigenvalue weighted by Crippen LogP contribution is 2.37. The second-order valence-corrected chi connectivity index (χ2v) is 6.79. The zero-order valence-electron chi connectivity index (χ0n) is 13.3. The van der Waals surface area contributed by atoms with E-state index in [2.05, 4.69) is 0 Å². The first-order valence-corrected chi connectivity index (χ1v) is 7.14. The third-order valence-corrected chi connectivity index (χ3v) is 4.15. The zero-order chi connectivity index (χ0) is 15.4. The summed E-state index contributed by atoms with van der Waals surface area (Å²) in [4.78, 5) is 11.0. The molecule has 2 fully saturated rings. The average molecular weight is 288 g/mol. The number of ketones is 1. The van der Waals surface area contributed by atoms with E-state index >= 15 is 0 Å². The van der Waals surface area contributed by atoms with Crippen LogP contribution < -0.4 is 0 Å². The van der Waals surface area contributed by atoms with Crippen LogP contribution in [-0.4, -0.2) is 49.7 Å². The highest BCUT2D eigenvalue weighted by Gasteiger charge is 2.45. The lowest BCUT2D eigenvalue weighted by Crippen LogP contribution is -2.45. The molecule has 20 heavy (non-hydrogen) atoms. The number of hydrogen-bond donors (Lipinski definition) is 1. The van der Waals surface area contributed by atoms with E-state index < -0.39 is 5.79 Å². The topological polar surface area (TPSA) is 65.0 Å². The molecule has 0 radical (unpaired) electrons. The van der Waals surface area contributed by atoms with Gasteiger partial charge in [-0.05, 0) is 6.92 Å². The third-order valence-electron chi connectivity index (χ3n) is 4.15. The molecular weight excluding hydrogens is 260 g/mol. The summed E-state index contributed by atoms with van der Waals surface area (Å²) in [6.45, 7) is 12.1. The quantitative estimate of drug-likeness (QED) is 0.839. The van der Waals surface area contributed by atoms with Gasteiger partial charge in [0.2, 0.25) is 0 Å². The summed E-state index contributed by atoms with van der Waals surface area (Å²) in [5.74, 6) is -0.282. The minimum absolute atomic E-state index is 0.0729. The fraction of sp³-hybridized carbons (Fsp3) is 0.933. The molecule has 0 aliphatic carbocycles. The Bertz CT molecular complexity index is 329. The summed E-state index contributed by atoms with van der Waals surface area (Å²) >= 11 is 0. The molecule has 2 rings (SSSR count). The Kier molecular flexibility index (Phi) is 5.72. The average Bonchev–Trinajstić information content (AvgIpc) is 2.82. The standard InChI is InChI=1S/C8H16O3.C7H12O2/c1-7(2,6-9)8(3)10-4-5-11-8;1-7(2)5-9-4-3-6(7)8/h9H,4-6H2,1-3H3;3-5H2,1-2H3. The summed E-state index contributed by atoms with van der Waals surface area (Å²) in [6, 6.07) is 0. The van der Waals surface area contributed by atoms with Gasteiger partial charge in [-0.3, -0.25) is 4.79 Å². The summed E-state index contributed by atoms with van der Waals surface area (Å²) in [7, 11) is 0. The van der Waals surface area contributed by atoms with Crippen LogP contribution in [0.1, 0.15) is 41.0 Å². The maximum absolute atomic E-state index is 11.0. The van der Waals surface area contributed by atoms with Crippen LogP contribution in [0.2, 0.25) is 0 Å². The molecule has 2 saturated heterocycles. The third kappa shape index (κ3) is 4.01. The highest BCUT2D eigenvalue weighted by molar-refractivity contribution is 5.84. The van der Waals surface area contributed by atoms with Crippen LogP contribution >= 0.6 is 0 Å². The second kappa shape index (κ2) is 6.52. The molecule has 0 atom stereocenters. The van der Waals surface area contributed by atoms with Crippen molar-refractivity contribution >= 4 is 5.78 Å². The molecule has 0 unspecified atom stereocenters. The van der Waals surface area contributed by atoms with E-state index in [0.717, 1.165) is 0 Å². The smallest absolute Gasteiger partial charge is 0.172 e. The normalized spacial score (nSPS) is 25.0. The van der Waals surface area contributed by atoms with Gasteiger partial charge in [0.1, 0.15) is 5.78 Å². The molecule has 1 N–H and O–H groups in total. The van der Waals surface area contributed by atoms with Crippen LogP contribution in [0, 0.1) is 10.8 Å². The summed E-state index contributed by atoms with van der Waals surface area (Å²) < 4.78 is 16.0. The van der Waals surface area contributed by atoms with Crippen molar-refractivity contribution in [3.8, 4) is 0 Å². The van der Waals surface area contributed by atoms with Crippen molar-refractivity contribution < 1.29 is 24.1 Å². The molecule has 0 aromatic heterocycles. The maximum Gasteiger partial charge on any atom is 0.172 e. The van der Waals surface area contributed by atoms with Gasteiger partial charge in [-0.2, -0.15) is 0 Å². The van der Waals surface area contributed by atoms with Crippen molar-refractivity contribution in [3.63, 3.8) is 0 Å². The molecule has 2 aliphatic heterocycles. The molecular formula is C15H28O5. The largest absolute Gasteiger partial charge is 0.396 e. The number of ether oxygens (including phenoxy) is 3. The number of rotatable bonds is 2. The molecule has 2 heterocycles. The fourth-order valence-electron chi connectivity index (χ4n) is 1.96. The van der Waals surface area contributed by atoms with Gasteiger partial charge in [0.15, 0.2) is 5.79 Å². The summed E-state index contributed by atoms with van der Waals surface area (Å²) in [5, 5.41) is 9.06. The minimum Gasteiger partial charge on any atom is -0.396 e. The van der Waals surface area contributed by atoms with Gasteiger partial charge in [0.05, 0.1) is 33.0 Å². The predicted molar refractivity (Wildman–Crippen MR) is 75.4 cm³/mol. The molecule has 0 saturated carbocycles. The van der Waals surface area contributed by atoms with Crippen molar-refractivity contribution in [1.82, 2.24) is 0 Å². The lowest BCUT2D eigenvalue weighted by Gasteiger charge is -2.37. The predicted octanol–water partition coefficient (Wildman–Crippen LogP) is 1.77. The SMILES string of the molecule is CC(C)(CO)C1(C)OCCO1.CC1(C)COCCC1=O. The van der Waals surface area contributed by atoms with Crippen molar-refractivity contribution in [2.75, 3.05) is 33.0 Å². The number of Topliss-reactive ketones (excluding diaryl/α,β-unsaturated/α-hetero) is 1. The Balaban J connectivity index is 0.000000204. The van der Waals surface area contributed by atoms with Gasteiger partial charge in [0.25, 0.3) is 0 Å². The van der Waals surface area contributed by atoms with Crippen LogP contribution in [0.3, 0.4) is 0 Å². The molecule has 0 amide bonds. The molecule has 0 spiro atoms. The van der Waals surface area contributed by atoms with Gasteiger partial charge < -0.3 is 19.3 Å². The number of carbonyl (C=O) groups is 1. The second-order valence-electron chi connectivity index (χ2n) is 6.79. The lowest BCUT2D eigenvalue weighted by molar-refractivity contribution is -0.223. The minimum atomic E-state index is -0.609. The lowest BCUT2D eigenvalue weighted by atomic mass is 9.85. The summed E-state index contributed by atoms with van der Waals surface area (Å²) in [6.07, 6.45) is 0.590. The molecule has 2 aliphatic rings. The van der Waals surface area contributed by atoms with Gasteiger partial charge in [-0.1, -0.05) is 27.7 Å². The fourth-order valence-corrected chi connectivity index (χ4v) is 1.96. The zero-order valence-corrected chi connectivity index (χ0v) is 13.3. The Morgan fingerprint density at radius 3 is 2.05 bits per heavy atom. The number of aliphatic hydroxyl groups is 1. The van der Waals surface area contributed by atoms with E-state index in [1.54, 1.807) is 0 Å². The van der Waals surface area contributed by atoms with Gasteiger partial charge in [-0.15, -0.1) is 0 Å². The van der Waals surface area contributed by atoms with Crippen LogP contribution in [0.5, 0.6) is 0 Å². The van der Waals surface area contributed by atoms with Crippen LogP contribution in [0.4, 0.5) is 0 Å². The van der Waals surface area contributed by atoms with E-state index in [4.69, 9.17) is 19.3 Å². The Labute approximate surface area is 121 Å². The van der Waals surface area contributed by atoms with Crippen LogP contribution in [0.15, 0.2) is 0 Å². The number of aliphatic hydroxyl groups excluding tert-OH is 1. The van der Waals surface area contributed by atoms with Crippen molar-refractivity contribution in [3.05, 3.63) is 0 Å². The van der Waals surface area contributed by atoms with Crippen molar-refractivity contribution in [2.45, 2.75) is 46.8 Å². The van der Waals surface area contributed by atoms with Gasteiger partial charge in [0, 0.05) is 17.3 Å².